The number of phenolic OH excluding ortho intramolecular Hbond substituents is 1. The molecular formula is C36H38ClN5O7. The monoisotopic (exact) mass is 687 g/mol. The molecule has 0 bridgehead atoms. The van der Waals surface area contributed by atoms with Crippen LogP contribution in [0.2, 0.25) is 0 Å². The van der Waals surface area contributed by atoms with Crippen molar-refractivity contribution in [3.63, 3.8) is 0 Å². The first-order valence-corrected chi connectivity index (χ1v) is 16.5. The number of benzene rings is 3. The molecule has 13 heteroatoms. The van der Waals surface area contributed by atoms with Crippen molar-refractivity contribution in [1.82, 2.24) is 14.9 Å². The van der Waals surface area contributed by atoms with Crippen molar-refractivity contribution in [2.75, 3.05) is 77.3 Å². The number of nitrogens with one attached hydrogen (secondary N) is 2. The molecule has 2 aromatic heterocycles. The van der Waals surface area contributed by atoms with Gasteiger partial charge in [0, 0.05) is 54.3 Å². The van der Waals surface area contributed by atoms with Crippen LogP contribution in [0.3, 0.4) is 0 Å². The van der Waals surface area contributed by atoms with Crippen LogP contribution >= 0.6 is 11.6 Å². The molecule has 2 aliphatic rings. The first-order chi connectivity index (χ1) is 23.7. The molecule has 0 aliphatic carbocycles. The van der Waals surface area contributed by atoms with Gasteiger partial charge in [0.15, 0.2) is 11.5 Å². The second kappa shape index (κ2) is 12.8. The molecule has 0 radical (unpaired) electrons. The maximum atomic E-state index is 14.1. The number of hydrogen-bond acceptors (Lipinski definition) is 8. The zero-order valence-electron chi connectivity index (χ0n) is 28.0. The van der Waals surface area contributed by atoms with E-state index in [4.69, 9.17) is 30.5 Å². The highest BCUT2D eigenvalue weighted by molar-refractivity contribution is 6.20. The van der Waals surface area contributed by atoms with Crippen LogP contribution in [-0.4, -0.2) is 99.3 Å². The summed E-state index contributed by atoms with van der Waals surface area (Å²) in [5.74, 6) is 1.37. The Hall–Kier alpha value is -5.07. The summed E-state index contributed by atoms with van der Waals surface area (Å²) >= 11 is 6.51. The molecule has 0 saturated heterocycles. The van der Waals surface area contributed by atoms with Gasteiger partial charge in [-0.25, -0.2) is 0 Å². The predicted octanol–water partition coefficient (Wildman–Crippen LogP) is 5.51. The van der Waals surface area contributed by atoms with Crippen LogP contribution in [0.1, 0.15) is 38.0 Å². The molecule has 3 N–H and O–H groups in total. The van der Waals surface area contributed by atoms with Gasteiger partial charge >= 0.3 is 0 Å². The van der Waals surface area contributed by atoms with Gasteiger partial charge in [-0.3, -0.25) is 9.59 Å². The molecule has 12 nitrogen and oxygen atoms in total. The summed E-state index contributed by atoms with van der Waals surface area (Å²) in [5.41, 5.74) is 4.84. The standard InChI is InChI=1S/C36H38ClN5O7/c1-40(2)10-11-49-22-7-6-19-8-9-41(26(19)14-22)35(44)25-15-23-30-21(17-37)18-42(27(30)16-28(43)32(23)39-25)36(45)24-12-20-13-29(46-3)33(47-4)34(48-5)31(20)38-24/h6-7,12-16,21,38-39,43H,8-11,17-18H2,1-5H3/t21-/m1/s1. The summed E-state index contributed by atoms with van der Waals surface area (Å²) < 4.78 is 22.6. The van der Waals surface area contributed by atoms with Crippen molar-refractivity contribution >= 4 is 56.6 Å². The second-order valence-electron chi connectivity index (χ2n) is 12.5. The summed E-state index contributed by atoms with van der Waals surface area (Å²) in [5, 5.41) is 12.6. The fourth-order valence-corrected chi connectivity index (χ4v) is 7.19. The lowest BCUT2D eigenvalue weighted by Crippen LogP contribution is -2.30. The van der Waals surface area contributed by atoms with Gasteiger partial charge in [-0.05, 0) is 55.9 Å². The molecule has 5 aromatic rings. The number of aromatic nitrogens is 2. The van der Waals surface area contributed by atoms with Crippen LogP contribution in [0, 0.1) is 0 Å². The van der Waals surface area contributed by atoms with Gasteiger partial charge in [0.25, 0.3) is 11.8 Å². The average molecular weight is 688 g/mol. The van der Waals surface area contributed by atoms with E-state index in [-0.39, 0.29) is 29.4 Å². The highest BCUT2D eigenvalue weighted by Gasteiger charge is 2.37. The highest BCUT2D eigenvalue weighted by atomic mass is 35.5. The van der Waals surface area contributed by atoms with Crippen molar-refractivity contribution in [3.8, 4) is 28.7 Å². The number of nitrogens with zero attached hydrogens (tertiary/aromatic N) is 3. The van der Waals surface area contributed by atoms with E-state index in [1.165, 1.54) is 21.3 Å². The normalized spacial score (nSPS) is 15.3. The number of phenols is 1. The number of amides is 2. The molecule has 4 heterocycles. The predicted molar refractivity (Wildman–Crippen MR) is 189 cm³/mol. The fourth-order valence-electron chi connectivity index (χ4n) is 6.94. The van der Waals surface area contributed by atoms with Crippen LogP contribution in [0.4, 0.5) is 11.4 Å². The van der Waals surface area contributed by atoms with Gasteiger partial charge in [0.1, 0.15) is 29.5 Å². The zero-order valence-corrected chi connectivity index (χ0v) is 28.7. The first-order valence-electron chi connectivity index (χ1n) is 16.0. The SMILES string of the molecule is COc1cc2cc(C(=O)N3C[C@@H](CCl)c4c3cc(O)c3[nH]c(C(=O)N5CCc6ccc(OCCN(C)C)cc65)cc43)[nH]c2c(OC)c1OC. The van der Waals surface area contributed by atoms with E-state index in [0.29, 0.717) is 81.6 Å². The van der Waals surface area contributed by atoms with E-state index >= 15 is 0 Å². The Morgan fingerprint density at radius 1 is 0.918 bits per heavy atom. The van der Waals surface area contributed by atoms with Gasteiger partial charge in [-0.1, -0.05) is 6.07 Å². The van der Waals surface area contributed by atoms with E-state index in [9.17, 15) is 14.7 Å². The van der Waals surface area contributed by atoms with Crippen LogP contribution in [0.25, 0.3) is 21.8 Å². The topological polar surface area (TPSA) is 133 Å². The smallest absolute Gasteiger partial charge is 0.274 e. The first kappa shape index (κ1) is 32.5. The third-order valence-corrected chi connectivity index (χ3v) is 9.70. The van der Waals surface area contributed by atoms with E-state index in [1.807, 2.05) is 37.2 Å². The number of likely N-dealkylation sites (N-methyl/N-ethyl adjacent to an activating group) is 1. The zero-order chi connectivity index (χ0) is 34.6. The third kappa shape index (κ3) is 5.44. The van der Waals surface area contributed by atoms with E-state index in [1.54, 1.807) is 34.1 Å². The van der Waals surface area contributed by atoms with Crippen LogP contribution < -0.4 is 28.7 Å². The van der Waals surface area contributed by atoms with Crippen LogP contribution in [0.5, 0.6) is 28.7 Å². The van der Waals surface area contributed by atoms with Gasteiger partial charge in [-0.15, -0.1) is 11.6 Å². The maximum absolute atomic E-state index is 14.1. The summed E-state index contributed by atoms with van der Waals surface area (Å²) in [7, 11) is 8.55. The number of H-pyrrole nitrogens is 2. The van der Waals surface area contributed by atoms with Gasteiger partial charge in [0.2, 0.25) is 5.75 Å². The third-order valence-electron chi connectivity index (χ3n) is 9.33. The minimum atomic E-state index is -0.312. The molecule has 3 aromatic carbocycles. The Morgan fingerprint density at radius 3 is 2.37 bits per heavy atom. The van der Waals surface area contributed by atoms with Crippen molar-refractivity contribution in [2.45, 2.75) is 12.3 Å². The molecule has 0 spiro atoms. The van der Waals surface area contributed by atoms with Gasteiger partial charge in [-0.2, -0.15) is 0 Å². The lowest BCUT2D eigenvalue weighted by molar-refractivity contribution is 0.0977. The van der Waals surface area contributed by atoms with Crippen molar-refractivity contribution in [2.24, 2.45) is 0 Å². The number of ether oxygens (including phenoxy) is 4. The number of halogens is 1. The Morgan fingerprint density at radius 2 is 1.65 bits per heavy atom. The number of carbonyl (C=O) groups excluding carboxylic acids is 2. The number of aromatic amines is 2. The molecule has 7 rings (SSSR count). The van der Waals surface area contributed by atoms with Crippen molar-refractivity contribution in [1.29, 1.82) is 0 Å². The number of anilines is 2. The quantitative estimate of drug-likeness (QED) is 0.164. The van der Waals surface area contributed by atoms with Crippen molar-refractivity contribution in [3.05, 3.63) is 65.0 Å². The molecule has 49 heavy (non-hydrogen) atoms. The Kier molecular flexibility index (Phi) is 8.45. The maximum Gasteiger partial charge on any atom is 0.274 e. The summed E-state index contributed by atoms with van der Waals surface area (Å²) in [6, 6.07) is 12.7. The largest absolute Gasteiger partial charge is 0.506 e. The molecular weight excluding hydrogens is 650 g/mol. The number of methoxy groups -OCH3 is 3. The van der Waals surface area contributed by atoms with Crippen LogP contribution in [-0.2, 0) is 6.42 Å². The Bertz CT molecular complexity index is 2100. The number of hydrogen-bond donors (Lipinski definition) is 3. The summed E-state index contributed by atoms with van der Waals surface area (Å²) in [4.78, 5) is 39.9. The average Bonchev–Trinajstić information content (AvgIpc) is 3.89. The number of aromatic hydroxyl groups is 1. The molecule has 256 valence electrons. The number of rotatable bonds is 10. The second-order valence-corrected chi connectivity index (χ2v) is 12.8. The van der Waals surface area contributed by atoms with E-state index < -0.39 is 0 Å². The highest BCUT2D eigenvalue weighted by Crippen LogP contribution is 2.47. The molecule has 2 aliphatic heterocycles. The van der Waals surface area contributed by atoms with E-state index in [0.717, 1.165) is 29.8 Å². The number of alkyl halides is 1. The number of fused-ring (bicyclic) bond motifs is 5. The summed E-state index contributed by atoms with van der Waals surface area (Å²) in [6.07, 6.45) is 0.727. The van der Waals surface area contributed by atoms with Gasteiger partial charge < -0.3 is 48.7 Å². The van der Waals surface area contributed by atoms with Crippen molar-refractivity contribution < 1.29 is 33.6 Å². The van der Waals surface area contributed by atoms with Crippen LogP contribution in [0.15, 0.2) is 42.5 Å². The lowest BCUT2D eigenvalue weighted by Gasteiger charge is -2.18. The minimum Gasteiger partial charge on any atom is -0.506 e. The minimum absolute atomic E-state index is 0.0768. The Labute approximate surface area is 288 Å². The molecule has 0 saturated carbocycles. The molecule has 0 unspecified atom stereocenters. The lowest BCUT2D eigenvalue weighted by atomic mass is 9.98. The molecule has 0 fully saturated rings. The Balaban J connectivity index is 1.22. The molecule has 2 amide bonds. The number of carbonyl (C=O) groups is 2. The van der Waals surface area contributed by atoms with Gasteiger partial charge in [0.05, 0.1) is 43.7 Å². The molecule has 1 atom stereocenters. The fraction of sp³-hybridized carbons (Fsp3) is 0.333. The van der Waals surface area contributed by atoms with E-state index in [2.05, 4.69) is 9.97 Å². The summed E-state index contributed by atoms with van der Waals surface area (Å²) in [6.45, 7) is 2.12.